The molecule has 2 amide bonds. The minimum atomic E-state index is -0.609. The van der Waals surface area contributed by atoms with Crippen LogP contribution in [0, 0.1) is 18.3 Å². The predicted molar refractivity (Wildman–Crippen MR) is 108 cm³/mol. The van der Waals surface area contributed by atoms with Gasteiger partial charge in [-0.25, -0.2) is 4.79 Å². The van der Waals surface area contributed by atoms with Crippen LogP contribution in [0.25, 0.3) is 0 Å². The molecule has 9 heteroatoms. The smallest absolute Gasteiger partial charge is 0.341 e. The first-order valence-electron chi connectivity index (χ1n) is 8.73. The van der Waals surface area contributed by atoms with E-state index in [4.69, 9.17) is 14.7 Å². The van der Waals surface area contributed by atoms with E-state index in [1.165, 1.54) is 4.90 Å². The average Bonchev–Trinajstić information content (AvgIpc) is 3.01. The minimum Gasteiger partial charge on any atom is -0.484 e. The Labute approximate surface area is 172 Å². The van der Waals surface area contributed by atoms with Crippen molar-refractivity contribution in [3.63, 3.8) is 0 Å². The number of nitriles is 1. The third-order valence-corrected chi connectivity index (χ3v) is 5.03. The topological polar surface area (TPSA) is 109 Å². The predicted octanol–water partition coefficient (Wildman–Crippen LogP) is 2.82. The van der Waals surface area contributed by atoms with Crippen LogP contribution in [0.5, 0.6) is 5.75 Å². The van der Waals surface area contributed by atoms with Gasteiger partial charge in [0.25, 0.3) is 11.8 Å². The second-order valence-electron chi connectivity index (χ2n) is 6.15. The van der Waals surface area contributed by atoms with Crippen LogP contribution in [0.4, 0.5) is 5.00 Å². The minimum absolute atomic E-state index is 0.161. The SMILES string of the molecule is CCOC(=O)c1c(NC(=O)COc2ccc(C#N)cc2)sc(C(=O)N(C)C)c1C. The monoisotopic (exact) mass is 415 g/mol. The van der Waals surface area contributed by atoms with E-state index >= 15 is 0 Å². The zero-order valence-electron chi connectivity index (χ0n) is 16.6. The maximum Gasteiger partial charge on any atom is 0.341 e. The molecule has 2 aromatic rings. The van der Waals surface area contributed by atoms with Gasteiger partial charge in [0.15, 0.2) is 6.61 Å². The number of hydrogen-bond acceptors (Lipinski definition) is 7. The van der Waals surface area contributed by atoms with Crippen molar-refractivity contribution in [2.24, 2.45) is 0 Å². The highest BCUT2D eigenvalue weighted by molar-refractivity contribution is 7.18. The van der Waals surface area contributed by atoms with Crippen molar-refractivity contribution in [3.8, 4) is 11.8 Å². The van der Waals surface area contributed by atoms with E-state index in [2.05, 4.69) is 5.32 Å². The zero-order valence-corrected chi connectivity index (χ0v) is 17.4. The molecular weight excluding hydrogens is 394 g/mol. The van der Waals surface area contributed by atoms with Gasteiger partial charge in [-0.05, 0) is 43.7 Å². The third kappa shape index (κ3) is 5.33. The summed E-state index contributed by atoms with van der Waals surface area (Å²) in [6, 6.07) is 8.31. The van der Waals surface area contributed by atoms with Crippen LogP contribution in [0.1, 0.15) is 38.1 Å². The van der Waals surface area contributed by atoms with Crippen LogP contribution in [0.2, 0.25) is 0 Å². The molecule has 0 radical (unpaired) electrons. The lowest BCUT2D eigenvalue weighted by atomic mass is 10.1. The van der Waals surface area contributed by atoms with E-state index < -0.39 is 11.9 Å². The summed E-state index contributed by atoms with van der Waals surface area (Å²) in [6.07, 6.45) is 0. The first-order chi connectivity index (χ1) is 13.8. The molecular formula is C20H21N3O5S. The van der Waals surface area contributed by atoms with Crippen molar-refractivity contribution < 1.29 is 23.9 Å². The summed E-state index contributed by atoms with van der Waals surface area (Å²) in [5, 5.41) is 11.7. The van der Waals surface area contributed by atoms with Crippen LogP contribution in [-0.4, -0.2) is 50.0 Å². The fourth-order valence-corrected chi connectivity index (χ4v) is 3.63. The Morgan fingerprint density at radius 1 is 1.21 bits per heavy atom. The molecule has 0 aliphatic carbocycles. The Morgan fingerprint density at radius 2 is 1.86 bits per heavy atom. The van der Waals surface area contributed by atoms with E-state index in [0.29, 0.717) is 21.8 Å². The van der Waals surface area contributed by atoms with Crippen molar-refractivity contribution in [3.05, 3.63) is 45.8 Å². The van der Waals surface area contributed by atoms with Crippen LogP contribution in [0.15, 0.2) is 24.3 Å². The first-order valence-corrected chi connectivity index (χ1v) is 9.55. The van der Waals surface area contributed by atoms with E-state index in [9.17, 15) is 14.4 Å². The fourth-order valence-electron chi connectivity index (χ4n) is 2.39. The Hall–Kier alpha value is -3.38. The largest absolute Gasteiger partial charge is 0.484 e. The second kappa shape index (κ2) is 9.71. The molecule has 0 saturated carbocycles. The second-order valence-corrected chi connectivity index (χ2v) is 7.17. The number of ether oxygens (including phenoxy) is 2. The molecule has 29 heavy (non-hydrogen) atoms. The molecule has 0 spiro atoms. The van der Waals surface area contributed by atoms with Crippen molar-refractivity contribution >= 4 is 34.1 Å². The molecule has 0 unspecified atom stereocenters. The van der Waals surface area contributed by atoms with Gasteiger partial charge in [0.05, 0.1) is 28.7 Å². The van der Waals surface area contributed by atoms with Gasteiger partial charge in [-0.15, -0.1) is 11.3 Å². The number of carbonyl (C=O) groups is 3. The highest BCUT2D eigenvalue weighted by Crippen LogP contribution is 2.34. The van der Waals surface area contributed by atoms with Gasteiger partial charge in [-0.1, -0.05) is 0 Å². The summed E-state index contributed by atoms with van der Waals surface area (Å²) < 4.78 is 10.5. The summed E-state index contributed by atoms with van der Waals surface area (Å²) in [7, 11) is 3.21. The molecule has 1 aromatic heterocycles. The van der Waals surface area contributed by atoms with Crippen molar-refractivity contribution in [2.45, 2.75) is 13.8 Å². The number of hydrogen-bond donors (Lipinski definition) is 1. The lowest BCUT2D eigenvalue weighted by molar-refractivity contribution is -0.118. The van der Waals surface area contributed by atoms with Crippen LogP contribution < -0.4 is 10.1 Å². The molecule has 2 rings (SSSR count). The summed E-state index contributed by atoms with van der Waals surface area (Å²) in [5.41, 5.74) is 1.09. The van der Waals surface area contributed by atoms with Crippen molar-refractivity contribution in [2.75, 3.05) is 32.6 Å². The van der Waals surface area contributed by atoms with Crippen LogP contribution in [0.3, 0.4) is 0 Å². The van der Waals surface area contributed by atoms with Gasteiger partial charge < -0.3 is 19.7 Å². The zero-order chi connectivity index (χ0) is 21.6. The van der Waals surface area contributed by atoms with Crippen molar-refractivity contribution in [1.29, 1.82) is 5.26 Å². The maximum atomic E-state index is 12.4. The highest BCUT2D eigenvalue weighted by Gasteiger charge is 2.27. The van der Waals surface area contributed by atoms with Crippen molar-refractivity contribution in [1.82, 2.24) is 4.90 Å². The Morgan fingerprint density at radius 3 is 2.41 bits per heavy atom. The maximum absolute atomic E-state index is 12.4. The molecule has 0 fully saturated rings. The third-order valence-electron chi connectivity index (χ3n) is 3.83. The molecule has 0 aliphatic heterocycles. The number of anilines is 1. The number of benzene rings is 1. The number of carbonyl (C=O) groups excluding carboxylic acids is 3. The summed E-state index contributed by atoms with van der Waals surface area (Å²) in [5.74, 6) is -0.949. The standard InChI is InChI=1S/C20H21N3O5S/c1-5-27-20(26)16-12(2)17(19(25)23(3)4)29-18(16)22-15(24)11-28-14-8-6-13(10-21)7-9-14/h6-9H,5,11H2,1-4H3,(H,22,24). The Bertz CT molecular complexity index is 958. The van der Waals surface area contributed by atoms with Gasteiger partial charge in [0, 0.05) is 14.1 Å². The Kier molecular flexibility index (Phi) is 7.33. The Balaban J connectivity index is 2.19. The van der Waals surface area contributed by atoms with Crippen LogP contribution >= 0.6 is 11.3 Å². The molecule has 0 atom stereocenters. The molecule has 1 aromatic carbocycles. The highest BCUT2D eigenvalue weighted by atomic mass is 32.1. The number of nitrogens with one attached hydrogen (secondary N) is 1. The first kappa shape index (κ1) is 21.9. The normalized spacial score (nSPS) is 10.0. The van der Waals surface area contributed by atoms with Gasteiger partial charge in [0.2, 0.25) is 0 Å². The number of amides is 2. The number of nitrogens with zero attached hydrogens (tertiary/aromatic N) is 2. The van der Waals surface area contributed by atoms with E-state index in [-0.39, 0.29) is 29.7 Å². The molecule has 0 saturated heterocycles. The fraction of sp³-hybridized carbons (Fsp3) is 0.300. The van der Waals surface area contributed by atoms with Gasteiger partial charge in [-0.3, -0.25) is 9.59 Å². The average molecular weight is 415 g/mol. The van der Waals surface area contributed by atoms with Gasteiger partial charge in [0.1, 0.15) is 10.8 Å². The lowest BCUT2D eigenvalue weighted by Crippen LogP contribution is -2.21. The van der Waals surface area contributed by atoms with E-state index in [1.807, 2.05) is 6.07 Å². The van der Waals surface area contributed by atoms with Crippen LogP contribution in [-0.2, 0) is 9.53 Å². The summed E-state index contributed by atoms with van der Waals surface area (Å²) in [4.78, 5) is 38.8. The summed E-state index contributed by atoms with van der Waals surface area (Å²) in [6.45, 7) is 3.18. The molecule has 1 heterocycles. The number of esters is 1. The molecule has 1 N–H and O–H groups in total. The summed E-state index contributed by atoms with van der Waals surface area (Å²) >= 11 is 1.02. The molecule has 152 valence electrons. The van der Waals surface area contributed by atoms with Gasteiger partial charge in [-0.2, -0.15) is 5.26 Å². The molecule has 8 nitrogen and oxygen atoms in total. The van der Waals surface area contributed by atoms with Gasteiger partial charge >= 0.3 is 5.97 Å². The molecule has 0 bridgehead atoms. The van der Waals surface area contributed by atoms with E-state index in [0.717, 1.165) is 11.3 Å². The lowest BCUT2D eigenvalue weighted by Gasteiger charge is -2.09. The van der Waals surface area contributed by atoms with E-state index in [1.54, 1.807) is 52.2 Å². The number of thiophene rings is 1. The quantitative estimate of drug-likeness (QED) is 0.697. The number of rotatable bonds is 7. The molecule has 0 aliphatic rings.